The first kappa shape index (κ1) is 38.7. The van der Waals surface area contributed by atoms with Crippen LogP contribution in [0.5, 0.6) is 0 Å². The fourth-order valence-corrected chi connectivity index (χ4v) is 7.26. The molecule has 6 N–H and O–H groups in total. The van der Waals surface area contributed by atoms with Gasteiger partial charge in [-0.15, -0.1) is 12.4 Å². The third-order valence-corrected chi connectivity index (χ3v) is 9.67. The van der Waals surface area contributed by atoms with Crippen LogP contribution in [0.1, 0.15) is 75.3 Å². The number of aliphatic hydroxyl groups excluding tert-OH is 1. The number of piperidine rings is 1. The van der Waals surface area contributed by atoms with Crippen LogP contribution in [0.3, 0.4) is 0 Å². The van der Waals surface area contributed by atoms with Gasteiger partial charge in [-0.2, -0.15) is 0 Å². The molecule has 270 valence electrons. The highest BCUT2D eigenvalue weighted by molar-refractivity contribution is 5.99. The Morgan fingerprint density at radius 3 is 2.32 bits per heavy atom. The highest BCUT2D eigenvalue weighted by atomic mass is 35.5. The third kappa shape index (κ3) is 10.5. The summed E-state index contributed by atoms with van der Waals surface area (Å²) in [7, 11) is 0. The molecule has 1 saturated carbocycles. The number of nitrogens with zero attached hydrogens (tertiary/aromatic N) is 2. The summed E-state index contributed by atoms with van der Waals surface area (Å²) in [6.45, 7) is 6.73. The first-order valence-electron chi connectivity index (χ1n) is 17.4. The Morgan fingerprint density at radius 1 is 0.940 bits per heavy atom. The number of carbonyl (C=O) groups excluding carboxylic acids is 4. The zero-order valence-corrected chi connectivity index (χ0v) is 30.0. The van der Waals surface area contributed by atoms with Crippen molar-refractivity contribution >= 4 is 46.9 Å². The zero-order valence-electron chi connectivity index (χ0n) is 29.1. The zero-order chi connectivity index (χ0) is 35.1. The van der Waals surface area contributed by atoms with E-state index in [1.54, 1.807) is 18.2 Å². The second kappa shape index (κ2) is 17.2. The van der Waals surface area contributed by atoms with E-state index >= 15 is 0 Å². The van der Waals surface area contributed by atoms with Gasteiger partial charge in [-0.1, -0.05) is 73.9 Å². The van der Waals surface area contributed by atoms with Crippen LogP contribution >= 0.6 is 12.4 Å². The Morgan fingerprint density at radius 2 is 1.62 bits per heavy atom. The lowest BCUT2D eigenvalue weighted by Gasteiger charge is -2.47. The molecule has 2 heterocycles. The minimum Gasteiger partial charge on any atom is -0.390 e. The number of carbonyl (C=O) groups is 4. The second-order valence-corrected chi connectivity index (χ2v) is 14.7. The van der Waals surface area contributed by atoms with E-state index in [2.05, 4.69) is 25.8 Å². The summed E-state index contributed by atoms with van der Waals surface area (Å²) in [5.41, 5.74) is 6.70. The van der Waals surface area contributed by atoms with E-state index in [1.165, 1.54) is 6.42 Å². The van der Waals surface area contributed by atoms with Crippen LogP contribution in [-0.2, 0) is 20.8 Å². The van der Waals surface area contributed by atoms with Crippen molar-refractivity contribution in [1.29, 1.82) is 0 Å². The molecule has 11 nitrogen and oxygen atoms in total. The molecule has 50 heavy (non-hydrogen) atoms. The molecule has 6 atom stereocenters. The number of nitrogens with two attached hydrogens (primary N) is 1. The van der Waals surface area contributed by atoms with Crippen molar-refractivity contribution in [2.45, 2.75) is 95.5 Å². The van der Waals surface area contributed by atoms with Gasteiger partial charge >= 0.3 is 0 Å². The number of nitrogens with one attached hydrogen (secondary N) is 3. The van der Waals surface area contributed by atoms with Gasteiger partial charge in [0.25, 0.3) is 5.91 Å². The number of fused-ring (bicyclic) bond motifs is 2. The van der Waals surface area contributed by atoms with Crippen LogP contribution in [0.4, 0.5) is 0 Å². The predicted molar refractivity (Wildman–Crippen MR) is 195 cm³/mol. The molecule has 0 spiro atoms. The molecular formula is C38H51ClN6O5. The van der Waals surface area contributed by atoms with E-state index < -0.39 is 53.9 Å². The molecule has 0 bridgehead atoms. The van der Waals surface area contributed by atoms with E-state index in [9.17, 15) is 24.3 Å². The first-order chi connectivity index (χ1) is 23.4. The van der Waals surface area contributed by atoms with E-state index in [-0.39, 0.29) is 37.0 Å². The van der Waals surface area contributed by atoms with Crippen LogP contribution in [0.15, 0.2) is 66.7 Å². The van der Waals surface area contributed by atoms with Crippen LogP contribution < -0.4 is 21.7 Å². The lowest BCUT2D eigenvalue weighted by Crippen LogP contribution is -2.61. The minimum atomic E-state index is -1.30. The average molecular weight is 707 g/mol. The van der Waals surface area contributed by atoms with Gasteiger partial charge in [0.05, 0.1) is 30.1 Å². The Kier molecular flexibility index (Phi) is 13.4. The molecule has 1 saturated heterocycles. The average Bonchev–Trinajstić information content (AvgIpc) is 3.06. The van der Waals surface area contributed by atoms with E-state index in [1.807, 2.05) is 69.3 Å². The largest absolute Gasteiger partial charge is 0.390 e. The van der Waals surface area contributed by atoms with Gasteiger partial charge in [0.2, 0.25) is 17.7 Å². The maximum Gasteiger partial charge on any atom is 0.270 e. The number of pyridine rings is 1. The van der Waals surface area contributed by atoms with Gasteiger partial charge in [-0.05, 0) is 69.6 Å². The van der Waals surface area contributed by atoms with E-state index in [0.29, 0.717) is 23.9 Å². The lowest BCUT2D eigenvalue weighted by atomic mass is 9.72. The van der Waals surface area contributed by atoms with Crippen LogP contribution in [0.2, 0.25) is 0 Å². The molecule has 12 heteroatoms. The number of para-hydroxylation sites is 1. The Labute approximate surface area is 300 Å². The minimum absolute atomic E-state index is 0. The summed E-state index contributed by atoms with van der Waals surface area (Å²) >= 11 is 0. The van der Waals surface area contributed by atoms with Crippen molar-refractivity contribution in [3.05, 3.63) is 78.0 Å². The summed E-state index contributed by atoms with van der Waals surface area (Å²) in [4.78, 5) is 59.3. The number of benzene rings is 2. The second-order valence-electron chi connectivity index (χ2n) is 14.7. The molecule has 1 aliphatic carbocycles. The number of halogens is 1. The van der Waals surface area contributed by atoms with Gasteiger partial charge in [0.15, 0.2) is 0 Å². The van der Waals surface area contributed by atoms with E-state index in [0.717, 1.165) is 36.6 Å². The molecule has 5 rings (SSSR count). The molecule has 0 radical (unpaired) electrons. The van der Waals surface area contributed by atoms with Gasteiger partial charge in [-0.25, -0.2) is 4.98 Å². The monoisotopic (exact) mass is 706 g/mol. The number of hydrogen-bond donors (Lipinski definition) is 5. The third-order valence-electron chi connectivity index (χ3n) is 9.67. The van der Waals surface area contributed by atoms with Gasteiger partial charge in [-0.3, -0.25) is 24.1 Å². The summed E-state index contributed by atoms with van der Waals surface area (Å²) in [6.07, 6.45) is 4.03. The van der Waals surface area contributed by atoms with Crippen molar-refractivity contribution in [1.82, 2.24) is 25.8 Å². The number of amides is 4. The highest BCUT2D eigenvalue weighted by Crippen LogP contribution is 2.39. The molecular weight excluding hydrogens is 656 g/mol. The SMILES string of the molecule is CC(C)(C)NC(=O)[C@@H]1C[C@@H]2CCCC[C@@H]2CN1CC(O)C(Cc1ccccc1)NC(=O)C(CC(N)=O)NC(=O)c1ccc2ccccc2n1.Cl. The first-order valence-corrected chi connectivity index (χ1v) is 17.4. The van der Waals surface area contributed by atoms with Crippen molar-refractivity contribution in [2.75, 3.05) is 13.1 Å². The van der Waals surface area contributed by atoms with Gasteiger partial charge in [0.1, 0.15) is 11.7 Å². The molecule has 3 aromatic rings. The smallest absolute Gasteiger partial charge is 0.270 e. The Balaban J connectivity index is 0.00000562. The number of rotatable bonds is 12. The molecule has 4 amide bonds. The molecule has 2 aromatic carbocycles. The molecule has 2 fully saturated rings. The van der Waals surface area contributed by atoms with Crippen molar-refractivity contribution in [2.24, 2.45) is 17.6 Å². The Hall–Kier alpha value is -4.06. The van der Waals surface area contributed by atoms with Crippen LogP contribution in [0, 0.1) is 11.8 Å². The molecule has 1 aromatic heterocycles. The summed E-state index contributed by atoms with van der Waals surface area (Å²) in [5.74, 6) is -1.20. The molecule has 1 aliphatic heterocycles. The normalized spacial score (nSPS) is 21.1. The van der Waals surface area contributed by atoms with Crippen molar-refractivity contribution in [3.63, 3.8) is 0 Å². The number of likely N-dealkylation sites (tertiary alicyclic amines) is 1. The summed E-state index contributed by atoms with van der Waals surface area (Å²) in [5, 5.41) is 21.4. The summed E-state index contributed by atoms with van der Waals surface area (Å²) < 4.78 is 0. The van der Waals surface area contributed by atoms with Crippen LogP contribution in [-0.4, -0.2) is 81.5 Å². The topological polar surface area (TPSA) is 167 Å². The van der Waals surface area contributed by atoms with Crippen LogP contribution in [0.25, 0.3) is 10.9 Å². The highest BCUT2D eigenvalue weighted by Gasteiger charge is 2.42. The maximum atomic E-state index is 13.8. The number of primary amides is 1. The van der Waals surface area contributed by atoms with Crippen molar-refractivity contribution < 1.29 is 24.3 Å². The number of hydrogen-bond acceptors (Lipinski definition) is 7. The van der Waals surface area contributed by atoms with Gasteiger partial charge in [0, 0.05) is 24.0 Å². The fraction of sp³-hybridized carbons (Fsp3) is 0.500. The predicted octanol–water partition coefficient (Wildman–Crippen LogP) is 3.51. The quantitative estimate of drug-likeness (QED) is 0.192. The lowest BCUT2D eigenvalue weighted by molar-refractivity contribution is -0.133. The van der Waals surface area contributed by atoms with Crippen molar-refractivity contribution in [3.8, 4) is 0 Å². The summed E-state index contributed by atoms with van der Waals surface area (Å²) in [6, 6.07) is 17.6. The molecule has 2 aliphatic rings. The number of aliphatic hydroxyl groups is 1. The fourth-order valence-electron chi connectivity index (χ4n) is 7.26. The standard InChI is InChI=1S/C38H50N6O5.ClH/c1-38(2,3)43-37(49)32-20-26-14-7-8-15-27(26)22-44(32)23-33(45)30(19-24-11-5-4-6-12-24)41-36(48)31(21-34(39)46)42-35(47)29-18-17-25-13-9-10-16-28(25)40-29;/h4-6,9-13,16-18,26-27,30-33,45H,7-8,14-15,19-23H2,1-3H3,(H2,39,46)(H,41,48)(H,42,47)(H,43,49);1H/t26-,27+,30?,31?,32-,33?;/m0./s1. The van der Waals surface area contributed by atoms with Gasteiger partial charge < -0.3 is 26.8 Å². The Bertz CT molecular complexity index is 1630. The number of β-amino-alcohol motifs (C(OH)–C–C–N with tert-alkyl or cyclic N) is 1. The maximum absolute atomic E-state index is 13.8. The number of aromatic nitrogens is 1. The molecule has 3 unspecified atom stereocenters. The van der Waals surface area contributed by atoms with E-state index in [4.69, 9.17) is 5.73 Å².